The van der Waals surface area contributed by atoms with Crippen molar-refractivity contribution in [1.29, 1.82) is 0 Å². The van der Waals surface area contributed by atoms with Gasteiger partial charge in [0.2, 0.25) is 0 Å². The monoisotopic (exact) mass is 1030 g/mol. The van der Waals surface area contributed by atoms with E-state index < -0.39 is 5.97 Å². The Balaban J connectivity index is 0.000000195. The molecule has 6 aromatic rings. The molecule has 2 saturated heterocycles. The highest BCUT2D eigenvalue weighted by molar-refractivity contribution is 7.13. The van der Waals surface area contributed by atoms with Crippen LogP contribution in [0.5, 0.6) is 11.5 Å². The first-order valence-corrected chi connectivity index (χ1v) is 28.2. The summed E-state index contributed by atoms with van der Waals surface area (Å²) in [5, 5.41) is 23.7. The molecule has 7 heterocycles. The van der Waals surface area contributed by atoms with Gasteiger partial charge < -0.3 is 46.1 Å². The molecule has 0 aliphatic carbocycles. The fourth-order valence-corrected chi connectivity index (χ4v) is 10.9. The SMILES string of the molecule is Nc1cc(CCCN2CCCCC2)ccc1OCCCCCNc1cc(-c2nc(C(=O)O)cs2)ccn1.O=C1Nc2cc(CCCN3CCCCC3)ccc2OCCCCCNc2cc(ccn2)-c2nc1cs2. The Morgan fingerprint density at radius 2 is 1.42 bits per heavy atom. The van der Waals surface area contributed by atoms with Crippen LogP contribution in [0.2, 0.25) is 0 Å². The number of nitrogens with two attached hydrogens (primary N) is 1. The normalized spacial score (nSPS) is 15.6. The minimum absolute atomic E-state index is 0.0643. The van der Waals surface area contributed by atoms with Crippen molar-refractivity contribution < 1.29 is 24.2 Å². The molecule has 0 saturated carbocycles. The van der Waals surface area contributed by atoms with E-state index in [-0.39, 0.29) is 11.6 Å². The first kappa shape index (κ1) is 53.2. The lowest BCUT2D eigenvalue weighted by Gasteiger charge is -2.26. The summed E-state index contributed by atoms with van der Waals surface area (Å²) in [5.74, 6) is 1.84. The second-order valence-corrected chi connectivity index (χ2v) is 20.8. The number of aromatic carboxylic acids is 1. The number of nitrogen functional groups attached to an aromatic ring is 1. The Morgan fingerprint density at radius 3 is 2.16 bits per heavy atom. The van der Waals surface area contributed by atoms with Crippen LogP contribution in [0.1, 0.15) is 122 Å². The van der Waals surface area contributed by atoms with Crippen molar-refractivity contribution in [2.45, 2.75) is 103 Å². The Labute approximate surface area is 438 Å². The van der Waals surface area contributed by atoms with Gasteiger partial charge in [0.25, 0.3) is 5.91 Å². The van der Waals surface area contributed by atoms with E-state index in [1.54, 1.807) is 17.8 Å². The van der Waals surface area contributed by atoms with Gasteiger partial charge in [0, 0.05) is 47.4 Å². The average molecular weight is 1030 g/mol. The van der Waals surface area contributed by atoms with Crippen molar-refractivity contribution in [2.75, 3.05) is 87.3 Å². The maximum atomic E-state index is 13.2. The number of carboxylic acids is 1. The number of aryl methyl sites for hydroxylation is 2. The summed E-state index contributed by atoms with van der Waals surface area (Å²) in [7, 11) is 0. The van der Waals surface area contributed by atoms with Crippen molar-refractivity contribution in [3.05, 3.63) is 106 Å². The van der Waals surface area contributed by atoms with Crippen LogP contribution >= 0.6 is 22.7 Å². The van der Waals surface area contributed by atoms with Gasteiger partial charge in [-0.2, -0.15) is 0 Å². The number of carbonyl (C=O) groups is 2. The Kier molecular flexibility index (Phi) is 20.6. The van der Waals surface area contributed by atoms with Gasteiger partial charge in [0.05, 0.1) is 24.6 Å². The third kappa shape index (κ3) is 17.0. The zero-order valence-electron chi connectivity index (χ0n) is 42.1. The highest BCUT2D eigenvalue weighted by Gasteiger charge is 2.18. The number of nitrogens with one attached hydrogen (secondary N) is 3. The zero-order chi connectivity index (χ0) is 50.5. The van der Waals surface area contributed by atoms with E-state index in [9.17, 15) is 9.59 Å². The number of aromatic nitrogens is 4. The fraction of sp³-hybridized carbons (Fsp3) is 0.464. The van der Waals surface area contributed by atoms with Gasteiger partial charge in [0.15, 0.2) is 5.69 Å². The number of carbonyl (C=O) groups excluding carboxylic acids is 1. The van der Waals surface area contributed by atoms with Crippen molar-refractivity contribution in [3.8, 4) is 32.6 Å². The van der Waals surface area contributed by atoms with Crippen LogP contribution < -0.4 is 31.2 Å². The maximum absolute atomic E-state index is 13.2. The lowest BCUT2D eigenvalue weighted by molar-refractivity contribution is 0.0691. The van der Waals surface area contributed by atoms with Crippen LogP contribution in [-0.2, 0) is 12.8 Å². The minimum atomic E-state index is -1.02. The molecular formula is C56H72N10O5S2. The summed E-state index contributed by atoms with van der Waals surface area (Å²) in [6.07, 6.45) is 21.9. The number of ether oxygens (including phenoxy) is 2. The van der Waals surface area contributed by atoms with Crippen LogP contribution in [0.4, 0.5) is 23.0 Å². The molecule has 9 rings (SSSR count). The van der Waals surface area contributed by atoms with Crippen LogP contribution in [0, 0.1) is 0 Å². The first-order chi connectivity index (χ1) is 35.8. The van der Waals surface area contributed by atoms with E-state index in [1.165, 1.54) is 111 Å². The van der Waals surface area contributed by atoms with Crippen molar-refractivity contribution >= 4 is 57.6 Å². The summed E-state index contributed by atoms with van der Waals surface area (Å²) in [6, 6.07) is 20.1. The van der Waals surface area contributed by atoms with Gasteiger partial charge in [-0.3, -0.25) is 4.79 Å². The maximum Gasteiger partial charge on any atom is 0.355 e. The Hall–Kier alpha value is -6.14. The van der Waals surface area contributed by atoms with E-state index in [4.69, 9.17) is 20.3 Å². The Bertz CT molecular complexity index is 2670. The molecule has 17 heteroatoms. The molecule has 6 N–H and O–H groups in total. The molecule has 15 nitrogen and oxygen atoms in total. The number of thiazole rings is 2. The van der Waals surface area contributed by atoms with Gasteiger partial charge in [-0.15, -0.1) is 22.7 Å². The molecule has 3 aliphatic rings. The molecule has 0 atom stereocenters. The summed E-state index contributed by atoms with van der Waals surface area (Å²) < 4.78 is 12.0. The molecule has 73 heavy (non-hydrogen) atoms. The summed E-state index contributed by atoms with van der Waals surface area (Å²) >= 11 is 2.78. The van der Waals surface area contributed by atoms with Crippen molar-refractivity contribution in [1.82, 2.24) is 29.7 Å². The molecule has 0 radical (unpaired) electrons. The molecule has 4 bridgehead atoms. The quantitative estimate of drug-likeness (QED) is 0.0403. The number of fused-ring (bicyclic) bond motifs is 6. The van der Waals surface area contributed by atoms with E-state index in [0.29, 0.717) is 23.9 Å². The molecule has 3 aliphatic heterocycles. The van der Waals surface area contributed by atoms with Gasteiger partial charge >= 0.3 is 5.97 Å². The fourth-order valence-electron chi connectivity index (χ4n) is 9.35. The van der Waals surface area contributed by atoms with Crippen LogP contribution in [-0.4, -0.2) is 112 Å². The summed E-state index contributed by atoms with van der Waals surface area (Å²) in [6.45, 7) is 10.2. The highest BCUT2D eigenvalue weighted by atomic mass is 32.1. The zero-order valence-corrected chi connectivity index (χ0v) is 43.8. The molecule has 0 unspecified atom stereocenters. The number of nitrogens with zero attached hydrogens (tertiary/aromatic N) is 6. The average Bonchev–Trinajstić information content (AvgIpc) is 4.13. The number of rotatable bonds is 18. The number of pyridine rings is 2. The minimum Gasteiger partial charge on any atom is -0.491 e. The third-order valence-corrected chi connectivity index (χ3v) is 15.2. The van der Waals surface area contributed by atoms with Crippen LogP contribution in [0.25, 0.3) is 21.1 Å². The smallest absolute Gasteiger partial charge is 0.355 e. The largest absolute Gasteiger partial charge is 0.491 e. The van der Waals surface area contributed by atoms with E-state index in [2.05, 4.69) is 70.0 Å². The number of anilines is 4. The number of unbranched alkanes of at least 4 members (excludes halogenated alkanes) is 2. The van der Waals surface area contributed by atoms with Crippen LogP contribution in [0.3, 0.4) is 0 Å². The van der Waals surface area contributed by atoms with Gasteiger partial charge in [0.1, 0.15) is 38.8 Å². The topological polar surface area (TPSA) is 193 Å². The molecule has 4 aromatic heterocycles. The number of likely N-dealkylation sites (tertiary alicyclic amines) is 2. The number of benzene rings is 2. The molecule has 2 fully saturated rings. The number of amides is 1. The molecule has 1 amide bonds. The third-order valence-electron chi connectivity index (χ3n) is 13.4. The Morgan fingerprint density at radius 1 is 0.740 bits per heavy atom. The summed E-state index contributed by atoms with van der Waals surface area (Å²) in [4.78, 5) is 46.9. The molecule has 2 aromatic carbocycles. The van der Waals surface area contributed by atoms with Crippen molar-refractivity contribution in [2.24, 2.45) is 0 Å². The lowest BCUT2D eigenvalue weighted by Crippen LogP contribution is -2.30. The van der Waals surface area contributed by atoms with Gasteiger partial charge in [-0.25, -0.2) is 24.7 Å². The number of hydrogen-bond acceptors (Lipinski definition) is 15. The molecule has 388 valence electrons. The number of hydrogen-bond donors (Lipinski definition) is 5. The molecule has 0 spiro atoms. The van der Waals surface area contributed by atoms with E-state index >= 15 is 0 Å². The van der Waals surface area contributed by atoms with E-state index in [1.807, 2.05) is 41.8 Å². The lowest BCUT2D eigenvalue weighted by atomic mass is 10.1. The second kappa shape index (κ2) is 28.3. The number of piperidine rings is 2. The molecular weight excluding hydrogens is 957 g/mol. The van der Waals surface area contributed by atoms with Gasteiger partial charge in [-0.05, 0) is 189 Å². The first-order valence-electron chi connectivity index (χ1n) is 26.4. The second-order valence-electron chi connectivity index (χ2n) is 19.1. The predicted molar refractivity (Wildman–Crippen MR) is 296 cm³/mol. The summed E-state index contributed by atoms with van der Waals surface area (Å²) in [5.41, 5.74) is 12.5. The van der Waals surface area contributed by atoms with E-state index in [0.717, 1.165) is 128 Å². The number of carboxylic acid groups (broad SMARTS) is 1. The predicted octanol–water partition coefficient (Wildman–Crippen LogP) is 11.4. The van der Waals surface area contributed by atoms with Crippen LogP contribution in [0.15, 0.2) is 83.8 Å². The highest BCUT2D eigenvalue weighted by Crippen LogP contribution is 2.31. The van der Waals surface area contributed by atoms with Crippen molar-refractivity contribution in [3.63, 3.8) is 0 Å². The standard InChI is InChI=1S/C28H37N5O3S.C28H35N5O2S/c29-23-18-21(8-7-16-33-14-4-2-5-15-33)9-10-25(23)36-17-6-1-3-12-30-26-19-22(11-13-31-26)27-32-24(20-37-27)28(34)35;34-27-24-20-36-28(32-24)22-11-13-30-26(19-22)29-12-3-1-6-17-35-25-10-9-21(18-23(25)31-27)8-7-16-33-14-4-2-5-15-33/h9-11,13,18-20H,1-8,12,14-17,29H2,(H,30,31)(H,34,35);9-11,13,18-20H,1-8,12,14-17H2,(H,29,30)(H,31,34). The van der Waals surface area contributed by atoms with Gasteiger partial charge in [-0.1, -0.05) is 25.0 Å².